The summed E-state index contributed by atoms with van der Waals surface area (Å²) in [7, 11) is -2.81. The van der Waals surface area contributed by atoms with E-state index in [0.717, 1.165) is 64.9 Å². The van der Waals surface area contributed by atoms with Crippen molar-refractivity contribution in [3.8, 4) is 34.0 Å². The molecule has 0 saturated carbocycles. The summed E-state index contributed by atoms with van der Waals surface area (Å²) in [6.45, 7) is 17.4. The SMILES string of the molecule is Cc1ccc(-n2c3c(c4sc5cc6c(cc5c42)sc2c4sc5cc(C)ccc5c4n(-c4ccc(C)cc4)c62)[Si](c2ccccc2)(c2ccccc2)c2cc(C)ccc2-3)cc1.Cc1ccc(-n2c3cc(C)ccc3c3sc4c5cc6oc7c(sc8c9ccc(C)cc9n(-c9ccc(C)cc9)c78)c6cc5oc4c32)cc1. The van der Waals surface area contributed by atoms with Crippen molar-refractivity contribution in [1.82, 2.24) is 18.3 Å². The van der Waals surface area contributed by atoms with Crippen molar-refractivity contribution in [1.29, 1.82) is 0 Å². The Hall–Kier alpha value is -11.3. The van der Waals surface area contributed by atoms with Crippen LogP contribution in [0, 0.1) is 55.4 Å². The smallest absolute Gasteiger partial charge is 0.184 e. The Morgan fingerprint density at radius 1 is 0.269 bits per heavy atom. The van der Waals surface area contributed by atoms with Gasteiger partial charge in [0.15, 0.2) is 19.2 Å². The third-order valence-electron chi connectivity index (χ3n) is 23.0. The molecule has 0 fully saturated rings. The van der Waals surface area contributed by atoms with Crippen LogP contribution in [-0.4, -0.2) is 26.3 Å². The number of furan rings is 2. The van der Waals surface area contributed by atoms with Crippen molar-refractivity contribution >= 4 is 231 Å². The lowest BCUT2D eigenvalue weighted by molar-refractivity contribution is 0.666. The van der Waals surface area contributed by atoms with Gasteiger partial charge in [-0.05, 0) is 189 Å². The van der Waals surface area contributed by atoms with Crippen LogP contribution in [-0.2, 0) is 0 Å². The van der Waals surface area contributed by atoms with Gasteiger partial charge in [0.05, 0.1) is 66.2 Å². The quantitative estimate of drug-likeness (QED) is 0.156. The summed E-state index contributed by atoms with van der Waals surface area (Å²) in [5, 5.41) is 14.6. The topological polar surface area (TPSA) is 46.0 Å². The average molecular weight is 1500 g/mol. The molecule has 12 heteroatoms. The normalized spacial score (nSPS) is 13.1. The number of aromatic nitrogens is 4. The molecule has 108 heavy (non-hydrogen) atoms. The van der Waals surface area contributed by atoms with Gasteiger partial charge in [0.2, 0.25) is 0 Å². The first-order valence-electron chi connectivity index (χ1n) is 36.9. The number of thiophene rings is 5. The van der Waals surface area contributed by atoms with Gasteiger partial charge in [0, 0.05) is 74.6 Å². The number of hydrogen-bond donors (Lipinski definition) is 0. The van der Waals surface area contributed by atoms with E-state index in [4.69, 9.17) is 8.83 Å². The Morgan fingerprint density at radius 3 is 1.13 bits per heavy atom. The molecule has 6 nitrogen and oxygen atoms in total. The van der Waals surface area contributed by atoms with Gasteiger partial charge in [0.1, 0.15) is 22.2 Å². The molecule has 0 bridgehead atoms. The van der Waals surface area contributed by atoms with Crippen LogP contribution in [0.15, 0.2) is 264 Å². The number of fused-ring (bicyclic) bond motifs is 28. The van der Waals surface area contributed by atoms with Crippen LogP contribution in [0.5, 0.6) is 0 Å². The van der Waals surface area contributed by atoms with Crippen LogP contribution in [0.4, 0.5) is 0 Å². The van der Waals surface area contributed by atoms with Crippen molar-refractivity contribution in [2.45, 2.75) is 55.4 Å². The molecule has 0 radical (unpaired) electrons. The van der Waals surface area contributed by atoms with Gasteiger partial charge in [0.25, 0.3) is 0 Å². The summed E-state index contributed by atoms with van der Waals surface area (Å²) in [5.74, 6) is 0. The molecule has 0 spiro atoms. The van der Waals surface area contributed by atoms with E-state index in [2.05, 4.69) is 328 Å². The number of rotatable bonds is 6. The first kappa shape index (κ1) is 62.8. The van der Waals surface area contributed by atoms with Gasteiger partial charge in [-0.15, -0.1) is 56.7 Å². The van der Waals surface area contributed by atoms with Gasteiger partial charge in [-0.1, -0.05) is 192 Å². The fourth-order valence-corrected chi connectivity index (χ4v) is 30.3. The highest BCUT2D eigenvalue weighted by molar-refractivity contribution is 7.34. The summed E-state index contributed by atoms with van der Waals surface area (Å²) in [4.78, 5) is 0. The van der Waals surface area contributed by atoms with E-state index in [1.165, 1.54) is 180 Å². The molecule has 0 N–H and O–H groups in total. The second-order valence-electron chi connectivity index (χ2n) is 30.1. The van der Waals surface area contributed by atoms with Gasteiger partial charge in [-0.25, -0.2) is 0 Å². The van der Waals surface area contributed by atoms with Gasteiger partial charge >= 0.3 is 0 Å². The molecule has 1 aliphatic heterocycles. The van der Waals surface area contributed by atoms with Crippen LogP contribution in [0.1, 0.15) is 44.5 Å². The molecule has 24 rings (SSSR count). The largest absolute Gasteiger partial charge is 0.453 e. The van der Waals surface area contributed by atoms with Gasteiger partial charge in [-0.2, -0.15) is 0 Å². The molecule has 0 unspecified atom stereocenters. The van der Waals surface area contributed by atoms with E-state index >= 15 is 0 Å². The van der Waals surface area contributed by atoms with Gasteiger partial charge < -0.3 is 27.1 Å². The molecule has 516 valence electrons. The summed E-state index contributed by atoms with van der Waals surface area (Å²) in [5.41, 5.74) is 29.9. The van der Waals surface area contributed by atoms with E-state index in [1.54, 1.807) is 0 Å². The summed E-state index contributed by atoms with van der Waals surface area (Å²) in [6, 6.07) is 96.1. The molecular formula is C96H66N4O2S5Si. The van der Waals surface area contributed by atoms with E-state index in [-0.39, 0.29) is 0 Å². The van der Waals surface area contributed by atoms with Crippen LogP contribution in [0.25, 0.3) is 180 Å². The van der Waals surface area contributed by atoms with Crippen molar-refractivity contribution in [3.05, 3.63) is 299 Å². The zero-order valence-electron chi connectivity index (χ0n) is 60.4. The zero-order chi connectivity index (χ0) is 72.0. The lowest BCUT2D eigenvalue weighted by atomic mass is 10.1. The Labute approximate surface area is 641 Å². The van der Waals surface area contributed by atoms with Crippen LogP contribution >= 0.6 is 56.7 Å². The number of aryl methyl sites for hydroxylation is 8. The average Bonchev–Trinajstić information content (AvgIpc) is 1.52. The van der Waals surface area contributed by atoms with Crippen molar-refractivity contribution in [2.24, 2.45) is 0 Å². The molecule has 11 aromatic heterocycles. The van der Waals surface area contributed by atoms with E-state index in [1.807, 2.05) is 56.7 Å². The molecule has 0 atom stereocenters. The molecule has 12 aromatic carbocycles. The lowest BCUT2D eigenvalue weighted by Gasteiger charge is -2.31. The molecule has 0 amide bonds. The first-order valence-corrected chi connectivity index (χ1v) is 43.0. The molecule has 12 heterocycles. The highest BCUT2D eigenvalue weighted by Gasteiger charge is 2.53. The summed E-state index contributed by atoms with van der Waals surface area (Å²) < 4.78 is 36.8. The zero-order valence-corrected chi connectivity index (χ0v) is 65.5. The second kappa shape index (κ2) is 22.9. The third kappa shape index (κ3) is 8.72. The van der Waals surface area contributed by atoms with Crippen LogP contribution < -0.4 is 20.7 Å². The standard InChI is InChI=1S/C54H38N2S3Si.C42H28N2O2S2/c1-31-15-21-35(22-16-31)55-47-39-25-19-33(3)27-43(39)57-51(47)52-48(55)41-29-45-42(30-44(41)58-52)49-53(59-45)54-50(56(49)36-23-17-32(2)18-24-36)40-26-20-34(4)28-46(40)60(54,37-11-7-5-8-12-37)38-13-9-6-10-14-38;1-21-5-11-25(12-6-21)43-31-17-23(3)9-15-27(31)39-35(43)37-41(47-39)29-19-34-30(20-33(29)45-37)42-38(46-34)36-40(48-42)28-16-10-24(4)18-32(28)44(36)26-13-7-22(2)8-14-26/h5-30H,1-4H3;5-20H,1-4H3. The molecule has 1 aliphatic rings. The minimum Gasteiger partial charge on any atom is -0.453 e. The Kier molecular flexibility index (Phi) is 13.3. The number of hydrogen-bond acceptors (Lipinski definition) is 7. The highest BCUT2D eigenvalue weighted by atomic mass is 32.1. The lowest BCUT2D eigenvalue weighted by Crippen LogP contribution is -2.72. The second-order valence-corrected chi connectivity index (χ2v) is 39.0. The van der Waals surface area contributed by atoms with Crippen LogP contribution in [0.2, 0.25) is 0 Å². The predicted octanol–water partition coefficient (Wildman–Crippen LogP) is 26.0. The summed E-state index contributed by atoms with van der Waals surface area (Å²) in [6.07, 6.45) is 0. The predicted molar refractivity (Wildman–Crippen MR) is 470 cm³/mol. The molecular weight excluding hydrogens is 1430 g/mol. The highest BCUT2D eigenvalue weighted by Crippen LogP contribution is 2.54. The van der Waals surface area contributed by atoms with Crippen molar-refractivity contribution in [3.63, 3.8) is 0 Å². The van der Waals surface area contributed by atoms with Crippen LogP contribution in [0.3, 0.4) is 0 Å². The number of nitrogens with zero attached hydrogens (tertiary/aromatic N) is 4. The Bertz CT molecular complexity index is 7540. The van der Waals surface area contributed by atoms with Gasteiger partial charge in [-0.3, -0.25) is 0 Å². The molecule has 0 saturated heterocycles. The number of benzene rings is 12. The maximum absolute atomic E-state index is 6.87. The fourth-order valence-electron chi connectivity index (χ4n) is 18.0. The minimum atomic E-state index is -2.81. The fraction of sp³-hybridized carbons (Fsp3) is 0.0833. The Balaban J connectivity index is 0.000000134. The van der Waals surface area contributed by atoms with Crippen molar-refractivity contribution in [2.75, 3.05) is 0 Å². The molecule has 23 aromatic rings. The van der Waals surface area contributed by atoms with E-state index in [9.17, 15) is 0 Å². The minimum absolute atomic E-state index is 0.894. The molecule has 0 aliphatic carbocycles. The third-order valence-corrected chi connectivity index (χ3v) is 34.1. The summed E-state index contributed by atoms with van der Waals surface area (Å²) >= 11 is 9.56. The maximum Gasteiger partial charge on any atom is 0.184 e. The Morgan fingerprint density at radius 2 is 0.648 bits per heavy atom. The maximum atomic E-state index is 6.87. The van der Waals surface area contributed by atoms with E-state index < -0.39 is 8.07 Å². The first-order chi connectivity index (χ1) is 52.8. The monoisotopic (exact) mass is 1490 g/mol. The van der Waals surface area contributed by atoms with Crippen molar-refractivity contribution < 1.29 is 8.83 Å². The van der Waals surface area contributed by atoms with E-state index in [0.29, 0.717) is 0 Å².